The first-order chi connectivity index (χ1) is 22.7. The summed E-state index contributed by atoms with van der Waals surface area (Å²) in [6.45, 7) is 0. The van der Waals surface area contributed by atoms with Gasteiger partial charge in [-0.2, -0.15) is 0 Å². The van der Waals surface area contributed by atoms with Gasteiger partial charge in [-0.05, 0) is 48.2 Å². The van der Waals surface area contributed by atoms with Crippen LogP contribution >= 0.6 is 0 Å². The number of nitrogens with zero attached hydrogens (tertiary/aromatic N) is 4. The van der Waals surface area contributed by atoms with Crippen molar-refractivity contribution in [2.75, 3.05) is 0 Å². The predicted molar refractivity (Wildman–Crippen MR) is 189 cm³/mol. The van der Waals surface area contributed by atoms with Crippen molar-refractivity contribution in [1.82, 2.24) is 19.9 Å². The summed E-state index contributed by atoms with van der Waals surface area (Å²) in [7, 11) is 0. The smallest absolute Gasteiger partial charge is 0.0972 e. The van der Waals surface area contributed by atoms with Crippen LogP contribution in [-0.2, 0) is 5.41 Å². The third-order valence-corrected chi connectivity index (χ3v) is 10.0. The number of hydrogen-bond donors (Lipinski definition) is 0. The van der Waals surface area contributed by atoms with E-state index in [-0.39, 0.29) is 5.41 Å². The summed E-state index contributed by atoms with van der Waals surface area (Å²) in [6.07, 6.45) is 9.78. The fraction of sp³-hybridized carbons (Fsp3) is 0.143. The summed E-state index contributed by atoms with van der Waals surface area (Å²) < 4.78 is 0. The molecule has 0 spiro atoms. The fourth-order valence-electron chi connectivity index (χ4n) is 7.59. The molecule has 4 heterocycles. The molecule has 0 unspecified atom stereocenters. The van der Waals surface area contributed by atoms with Gasteiger partial charge in [-0.15, -0.1) is 0 Å². The van der Waals surface area contributed by atoms with Crippen LogP contribution < -0.4 is 0 Å². The molecular weight excluding hydrogens is 560 g/mol. The standard InChI is InChI=1S/C42H32N4/c1-2-24-42(25-3-1,34-18-12-28(13-19-34)36-22-16-32-10-8-30-6-4-26-43-38(30)40(32)45-36)35-20-14-29(15-21-35)37-23-17-33-11-9-31-7-5-27-44-39(31)41(33)46-37/h4-23,26-27H,1-3,24-25H2. The molecule has 1 saturated carbocycles. The number of fused-ring (bicyclic) bond motifs is 6. The maximum Gasteiger partial charge on any atom is 0.0972 e. The minimum atomic E-state index is 0.00316. The van der Waals surface area contributed by atoms with Crippen molar-refractivity contribution >= 4 is 43.6 Å². The van der Waals surface area contributed by atoms with Gasteiger partial charge in [-0.25, -0.2) is 9.97 Å². The molecule has 8 aromatic rings. The molecule has 0 N–H and O–H groups in total. The Kier molecular flexibility index (Phi) is 6.34. The van der Waals surface area contributed by atoms with Crippen LogP contribution in [0.5, 0.6) is 0 Å². The zero-order valence-electron chi connectivity index (χ0n) is 25.5. The van der Waals surface area contributed by atoms with Gasteiger partial charge in [0.15, 0.2) is 0 Å². The molecule has 1 aliphatic carbocycles. The number of rotatable bonds is 4. The van der Waals surface area contributed by atoms with Crippen molar-refractivity contribution in [3.63, 3.8) is 0 Å². The second kappa shape index (κ2) is 10.8. The summed E-state index contributed by atoms with van der Waals surface area (Å²) in [5.74, 6) is 0. The van der Waals surface area contributed by atoms with Gasteiger partial charge in [0, 0.05) is 50.5 Å². The molecule has 4 heteroatoms. The Bertz CT molecular complexity index is 2220. The molecule has 4 nitrogen and oxygen atoms in total. The predicted octanol–water partition coefficient (Wildman–Crippen LogP) is 10.5. The van der Waals surface area contributed by atoms with Gasteiger partial charge in [0.2, 0.25) is 0 Å². The Morgan fingerprint density at radius 3 is 1.26 bits per heavy atom. The largest absolute Gasteiger partial charge is 0.254 e. The van der Waals surface area contributed by atoms with E-state index in [0.29, 0.717) is 0 Å². The van der Waals surface area contributed by atoms with Crippen molar-refractivity contribution in [2.45, 2.75) is 37.5 Å². The Morgan fingerprint density at radius 1 is 0.391 bits per heavy atom. The number of aromatic nitrogens is 4. The molecule has 220 valence electrons. The molecular formula is C42H32N4. The second-order valence-electron chi connectivity index (χ2n) is 12.6. The van der Waals surface area contributed by atoms with Crippen LogP contribution in [0.3, 0.4) is 0 Å². The van der Waals surface area contributed by atoms with Crippen molar-refractivity contribution in [3.05, 3.63) is 145 Å². The second-order valence-corrected chi connectivity index (χ2v) is 12.6. The SMILES string of the molecule is c1cnc2c(c1)ccc1ccc(-c3ccc(C4(c5ccc(-c6ccc7ccc8cccnc8c7n6)cc5)CCCCC4)cc3)nc12. The minimum absolute atomic E-state index is 0.00316. The Balaban J connectivity index is 1.06. The summed E-state index contributed by atoms with van der Waals surface area (Å²) in [5.41, 5.74) is 10.8. The minimum Gasteiger partial charge on any atom is -0.254 e. The highest BCUT2D eigenvalue weighted by Gasteiger charge is 2.35. The molecule has 0 atom stereocenters. The lowest BCUT2D eigenvalue weighted by atomic mass is 9.65. The number of pyridine rings is 4. The van der Waals surface area contributed by atoms with Crippen LogP contribution in [-0.4, -0.2) is 19.9 Å². The molecule has 4 aromatic carbocycles. The highest BCUT2D eigenvalue weighted by Crippen LogP contribution is 2.45. The van der Waals surface area contributed by atoms with Crippen LogP contribution in [0.25, 0.3) is 66.1 Å². The maximum atomic E-state index is 5.09. The molecule has 0 amide bonds. The molecule has 0 aliphatic heterocycles. The van der Waals surface area contributed by atoms with E-state index in [1.807, 2.05) is 24.5 Å². The van der Waals surface area contributed by atoms with E-state index in [2.05, 4.69) is 119 Å². The topological polar surface area (TPSA) is 51.6 Å². The quantitative estimate of drug-likeness (QED) is 0.191. The molecule has 1 aliphatic rings. The van der Waals surface area contributed by atoms with Crippen LogP contribution in [0.4, 0.5) is 0 Å². The van der Waals surface area contributed by atoms with E-state index < -0.39 is 0 Å². The molecule has 46 heavy (non-hydrogen) atoms. The highest BCUT2D eigenvalue weighted by molar-refractivity contribution is 6.04. The lowest BCUT2D eigenvalue weighted by Crippen LogP contribution is -2.30. The number of hydrogen-bond acceptors (Lipinski definition) is 4. The van der Waals surface area contributed by atoms with E-state index in [1.54, 1.807) is 0 Å². The van der Waals surface area contributed by atoms with Gasteiger partial charge in [0.25, 0.3) is 0 Å². The molecule has 9 rings (SSSR count). The van der Waals surface area contributed by atoms with Crippen molar-refractivity contribution in [1.29, 1.82) is 0 Å². The first-order valence-electron chi connectivity index (χ1n) is 16.3. The zero-order chi connectivity index (χ0) is 30.5. The van der Waals surface area contributed by atoms with Gasteiger partial charge < -0.3 is 0 Å². The van der Waals surface area contributed by atoms with Gasteiger partial charge in [0.1, 0.15) is 0 Å². The van der Waals surface area contributed by atoms with E-state index >= 15 is 0 Å². The van der Waals surface area contributed by atoms with Crippen molar-refractivity contribution < 1.29 is 0 Å². The third kappa shape index (κ3) is 4.44. The fourth-order valence-corrected chi connectivity index (χ4v) is 7.59. The Morgan fingerprint density at radius 2 is 0.804 bits per heavy atom. The Hall–Kier alpha value is -5.48. The summed E-state index contributed by atoms with van der Waals surface area (Å²) in [5, 5.41) is 4.45. The third-order valence-electron chi connectivity index (χ3n) is 10.0. The van der Waals surface area contributed by atoms with Gasteiger partial charge in [-0.1, -0.05) is 116 Å². The normalized spacial score (nSPS) is 14.7. The summed E-state index contributed by atoms with van der Waals surface area (Å²) in [4.78, 5) is 19.5. The van der Waals surface area contributed by atoms with Crippen LogP contribution in [0.1, 0.15) is 43.2 Å². The van der Waals surface area contributed by atoms with Crippen LogP contribution in [0, 0.1) is 0 Å². The monoisotopic (exact) mass is 592 g/mol. The first-order valence-corrected chi connectivity index (χ1v) is 16.3. The molecule has 0 saturated heterocycles. The maximum absolute atomic E-state index is 5.09. The van der Waals surface area contributed by atoms with Crippen LogP contribution in [0.15, 0.2) is 134 Å². The summed E-state index contributed by atoms with van der Waals surface area (Å²) >= 11 is 0. The first kappa shape index (κ1) is 26.9. The van der Waals surface area contributed by atoms with Gasteiger partial charge in [0.05, 0.1) is 33.5 Å². The zero-order valence-corrected chi connectivity index (χ0v) is 25.5. The van der Waals surface area contributed by atoms with E-state index in [1.165, 1.54) is 30.4 Å². The number of benzene rings is 4. The highest BCUT2D eigenvalue weighted by atomic mass is 14.8. The van der Waals surface area contributed by atoms with Crippen molar-refractivity contribution in [3.8, 4) is 22.5 Å². The van der Waals surface area contributed by atoms with Gasteiger partial charge >= 0.3 is 0 Å². The Labute approximate surface area is 267 Å². The average molecular weight is 593 g/mol. The van der Waals surface area contributed by atoms with Gasteiger partial charge in [-0.3, -0.25) is 9.97 Å². The lowest BCUT2D eigenvalue weighted by Gasteiger charge is -2.39. The summed E-state index contributed by atoms with van der Waals surface area (Å²) in [6, 6.07) is 43.6. The lowest BCUT2D eigenvalue weighted by molar-refractivity contribution is 0.346. The van der Waals surface area contributed by atoms with E-state index in [9.17, 15) is 0 Å². The molecule has 4 aromatic heterocycles. The molecule has 0 radical (unpaired) electrons. The molecule has 0 bridgehead atoms. The van der Waals surface area contributed by atoms with Crippen LogP contribution in [0.2, 0.25) is 0 Å². The van der Waals surface area contributed by atoms with Crippen molar-refractivity contribution in [2.24, 2.45) is 0 Å². The molecule has 1 fully saturated rings. The average Bonchev–Trinajstić information content (AvgIpc) is 3.14. The van der Waals surface area contributed by atoms with E-state index in [0.717, 1.165) is 79.0 Å². The van der Waals surface area contributed by atoms with E-state index in [4.69, 9.17) is 9.97 Å².